The third kappa shape index (κ3) is 6.48. The van der Waals surface area contributed by atoms with E-state index in [0.29, 0.717) is 30.4 Å². The number of guanidine groups is 1. The van der Waals surface area contributed by atoms with Crippen LogP contribution >= 0.6 is 0 Å². The number of hydrogen-bond donors (Lipinski definition) is 2. The molecule has 0 aromatic heterocycles. The highest BCUT2D eigenvalue weighted by Gasteiger charge is 2.13. The second kappa shape index (κ2) is 11.7. The van der Waals surface area contributed by atoms with E-state index in [9.17, 15) is 0 Å². The Kier molecular flexibility index (Phi) is 8.95. The minimum absolute atomic E-state index is 0.566. The van der Waals surface area contributed by atoms with Crippen LogP contribution in [0.4, 0.5) is 0 Å². The van der Waals surface area contributed by atoms with Gasteiger partial charge in [0.05, 0.1) is 27.9 Å². The number of rotatable bonds is 10. The van der Waals surface area contributed by atoms with Gasteiger partial charge in [-0.05, 0) is 42.7 Å². The zero-order valence-electron chi connectivity index (χ0n) is 17.9. The summed E-state index contributed by atoms with van der Waals surface area (Å²) < 4.78 is 22.0. The van der Waals surface area contributed by atoms with Crippen LogP contribution in [-0.4, -0.2) is 47.5 Å². The number of nitrogens with zero attached hydrogens (tertiary/aromatic N) is 1. The number of benzene rings is 2. The predicted octanol–water partition coefficient (Wildman–Crippen LogP) is 3.15. The van der Waals surface area contributed by atoms with Gasteiger partial charge in [0, 0.05) is 20.1 Å². The molecule has 158 valence electrons. The normalized spacial score (nSPS) is 11.0. The smallest absolute Gasteiger partial charge is 0.203 e. The van der Waals surface area contributed by atoms with Gasteiger partial charge in [-0.1, -0.05) is 18.2 Å². The first-order valence-electron chi connectivity index (χ1n) is 9.54. The number of aryl methyl sites for hydroxylation is 1. The molecule has 0 heterocycles. The van der Waals surface area contributed by atoms with Crippen LogP contribution in [0, 0.1) is 6.92 Å². The van der Waals surface area contributed by atoms with Crippen LogP contribution < -0.4 is 29.6 Å². The van der Waals surface area contributed by atoms with Gasteiger partial charge in [-0.2, -0.15) is 0 Å². The average Bonchev–Trinajstić information content (AvgIpc) is 2.75. The van der Waals surface area contributed by atoms with Gasteiger partial charge in [0.1, 0.15) is 5.75 Å². The SMILES string of the molecule is CN=C(NCCCOc1ccccc1C)NCc1cc(OC)c(OC)c(OC)c1. The minimum Gasteiger partial charge on any atom is -0.493 e. The molecule has 2 rings (SSSR count). The van der Waals surface area contributed by atoms with Crippen molar-refractivity contribution < 1.29 is 18.9 Å². The summed E-state index contributed by atoms with van der Waals surface area (Å²) in [5, 5.41) is 6.58. The van der Waals surface area contributed by atoms with E-state index in [-0.39, 0.29) is 0 Å². The van der Waals surface area contributed by atoms with E-state index in [1.165, 1.54) is 0 Å². The van der Waals surface area contributed by atoms with Crippen LogP contribution in [0.2, 0.25) is 0 Å². The lowest BCUT2D eigenvalue weighted by molar-refractivity contribution is 0.309. The molecule has 7 heteroatoms. The van der Waals surface area contributed by atoms with E-state index < -0.39 is 0 Å². The summed E-state index contributed by atoms with van der Waals surface area (Å²) in [6.07, 6.45) is 0.860. The molecule has 0 amide bonds. The molecule has 0 fully saturated rings. The standard InChI is InChI=1S/C22H31N3O4/c1-16-9-6-7-10-18(16)29-12-8-11-24-22(23-2)25-15-17-13-19(26-3)21(28-5)20(14-17)27-4/h6-7,9-10,13-14H,8,11-12,15H2,1-5H3,(H2,23,24,25). The Morgan fingerprint density at radius 3 is 2.21 bits per heavy atom. The second-order valence-electron chi connectivity index (χ2n) is 6.35. The fraction of sp³-hybridized carbons (Fsp3) is 0.409. The van der Waals surface area contributed by atoms with Crippen molar-refractivity contribution >= 4 is 5.96 Å². The second-order valence-corrected chi connectivity index (χ2v) is 6.35. The van der Waals surface area contributed by atoms with Crippen molar-refractivity contribution in [3.05, 3.63) is 47.5 Å². The molecule has 0 saturated carbocycles. The van der Waals surface area contributed by atoms with E-state index in [2.05, 4.69) is 15.6 Å². The number of aliphatic imine (C=N–C) groups is 1. The molecule has 2 aromatic rings. The van der Waals surface area contributed by atoms with E-state index >= 15 is 0 Å². The van der Waals surface area contributed by atoms with Gasteiger partial charge in [-0.3, -0.25) is 4.99 Å². The zero-order valence-corrected chi connectivity index (χ0v) is 17.9. The van der Waals surface area contributed by atoms with Crippen LogP contribution in [0.1, 0.15) is 17.5 Å². The summed E-state index contributed by atoms with van der Waals surface area (Å²) in [6, 6.07) is 11.8. The number of methoxy groups -OCH3 is 3. The Hall–Kier alpha value is -3.09. The summed E-state index contributed by atoms with van der Waals surface area (Å²) in [6.45, 7) is 4.00. The van der Waals surface area contributed by atoms with Gasteiger partial charge in [0.2, 0.25) is 5.75 Å². The fourth-order valence-electron chi connectivity index (χ4n) is 2.82. The summed E-state index contributed by atoms with van der Waals surface area (Å²) in [5.74, 6) is 3.47. The molecule has 0 atom stereocenters. The van der Waals surface area contributed by atoms with Crippen LogP contribution in [0.3, 0.4) is 0 Å². The maximum atomic E-state index is 5.81. The van der Waals surface area contributed by atoms with E-state index in [4.69, 9.17) is 18.9 Å². The molecule has 0 aliphatic heterocycles. The third-order valence-electron chi connectivity index (χ3n) is 4.37. The number of nitrogens with one attached hydrogen (secondary N) is 2. The number of para-hydroxylation sites is 1. The lowest BCUT2D eigenvalue weighted by atomic mass is 10.2. The fourth-order valence-corrected chi connectivity index (χ4v) is 2.82. The first-order chi connectivity index (χ1) is 14.1. The maximum absolute atomic E-state index is 5.81. The van der Waals surface area contributed by atoms with Crippen LogP contribution in [0.15, 0.2) is 41.4 Å². The molecule has 0 spiro atoms. The Morgan fingerprint density at radius 2 is 1.62 bits per heavy atom. The molecule has 2 N–H and O–H groups in total. The molecular formula is C22H31N3O4. The lowest BCUT2D eigenvalue weighted by Crippen LogP contribution is -2.37. The van der Waals surface area contributed by atoms with E-state index in [0.717, 1.165) is 35.8 Å². The molecule has 29 heavy (non-hydrogen) atoms. The summed E-state index contributed by atoms with van der Waals surface area (Å²) >= 11 is 0. The Labute approximate surface area is 173 Å². The number of hydrogen-bond acceptors (Lipinski definition) is 5. The van der Waals surface area contributed by atoms with Crippen molar-refractivity contribution in [1.82, 2.24) is 10.6 Å². The highest BCUT2D eigenvalue weighted by Crippen LogP contribution is 2.38. The molecule has 0 aliphatic carbocycles. The largest absolute Gasteiger partial charge is 0.493 e. The molecule has 0 aliphatic rings. The molecule has 0 unspecified atom stereocenters. The monoisotopic (exact) mass is 401 g/mol. The van der Waals surface area contributed by atoms with Crippen LogP contribution in [0.5, 0.6) is 23.0 Å². The van der Waals surface area contributed by atoms with Gasteiger partial charge >= 0.3 is 0 Å². The third-order valence-corrected chi connectivity index (χ3v) is 4.37. The van der Waals surface area contributed by atoms with E-state index in [1.807, 2.05) is 43.3 Å². The van der Waals surface area contributed by atoms with Crippen molar-refractivity contribution in [3.63, 3.8) is 0 Å². The molecular weight excluding hydrogens is 370 g/mol. The molecule has 0 bridgehead atoms. The summed E-state index contributed by atoms with van der Waals surface area (Å²) in [5.41, 5.74) is 2.13. The maximum Gasteiger partial charge on any atom is 0.203 e. The summed E-state index contributed by atoms with van der Waals surface area (Å²) in [4.78, 5) is 4.26. The number of ether oxygens (including phenoxy) is 4. The molecule has 2 aromatic carbocycles. The highest BCUT2D eigenvalue weighted by molar-refractivity contribution is 5.79. The quantitative estimate of drug-likeness (QED) is 0.362. The summed E-state index contributed by atoms with van der Waals surface area (Å²) in [7, 11) is 6.54. The Morgan fingerprint density at radius 1 is 0.931 bits per heavy atom. The van der Waals surface area contributed by atoms with Crippen molar-refractivity contribution in [2.45, 2.75) is 19.9 Å². The molecule has 0 radical (unpaired) electrons. The average molecular weight is 402 g/mol. The Balaban J connectivity index is 1.81. The minimum atomic E-state index is 0.566. The molecule has 0 saturated heterocycles. The molecule has 7 nitrogen and oxygen atoms in total. The van der Waals surface area contributed by atoms with Crippen molar-refractivity contribution in [3.8, 4) is 23.0 Å². The van der Waals surface area contributed by atoms with Gasteiger partial charge in [-0.15, -0.1) is 0 Å². The van der Waals surface area contributed by atoms with Crippen LogP contribution in [0.25, 0.3) is 0 Å². The first kappa shape index (κ1) is 22.2. The van der Waals surface area contributed by atoms with Crippen molar-refractivity contribution in [1.29, 1.82) is 0 Å². The van der Waals surface area contributed by atoms with Gasteiger partial charge in [0.15, 0.2) is 17.5 Å². The van der Waals surface area contributed by atoms with Gasteiger partial charge in [0.25, 0.3) is 0 Å². The lowest BCUT2D eigenvalue weighted by Gasteiger charge is -2.16. The highest BCUT2D eigenvalue weighted by atomic mass is 16.5. The van der Waals surface area contributed by atoms with Crippen LogP contribution in [-0.2, 0) is 6.54 Å². The van der Waals surface area contributed by atoms with Gasteiger partial charge < -0.3 is 29.6 Å². The predicted molar refractivity (Wildman–Crippen MR) is 116 cm³/mol. The first-order valence-corrected chi connectivity index (χ1v) is 9.54. The zero-order chi connectivity index (χ0) is 21.1. The van der Waals surface area contributed by atoms with Crippen molar-refractivity contribution in [2.75, 3.05) is 41.5 Å². The Bertz CT molecular complexity index is 783. The van der Waals surface area contributed by atoms with Gasteiger partial charge in [-0.25, -0.2) is 0 Å². The van der Waals surface area contributed by atoms with Crippen molar-refractivity contribution in [2.24, 2.45) is 4.99 Å². The van der Waals surface area contributed by atoms with E-state index in [1.54, 1.807) is 28.4 Å². The topological polar surface area (TPSA) is 73.3 Å².